The zero-order chi connectivity index (χ0) is 16.6. The Morgan fingerprint density at radius 2 is 1.64 bits per heavy atom. The number of halogens is 1. The third-order valence-electron chi connectivity index (χ3n) is 4.18. The molecule has 0 N–H and O–H groups in total. The van der Waals surface area contributed by atoms with Gasteiger partial charge in [-0.1, -0.05) is 42.5 Å². The van der Waals surface area contributed by atoms with Gasteiger partial charge in [0.25, 0.3) is 0 Å². The average molecular weight is 360 g/mol. The summed E-state index contributed by atoms with van der Waals surface area (Å²) >= 11 is 0. The van der Waals surface area contributed by atoms with E-state index in [2.05, 4.69) is 45.3 Å². The topological polar surface area (TPSA) is 28.1 Å². The van der Waals surface area contributed by atoms with Gasteiger partial charge in [0.1, 0.15) is 5.75 Å². The minimum absolute atomic E-state index is 0. The molecule has 1 aliphatic rings. The van der Waals surface area contributed by atoms with Crippen molar-refractivity contribution in [2.24, 2.45) is 5.10 Å². The van der Waals surface area contributed by atoms with Crippen molar-refractivity contribution >= 4 is 18.6 Å². The maximum atomic E-state index is 5.64. The molecule has 2 aromatic rings. The first-order chi connectivity index (χ1) is 11.8. The second-order valence-electron chi connectivity index (χ2n) is 5.93. The van der Waals surface area contributed by atoms with Crippen LogP contribution in [0.1, 0.15) is 18.1 Å². The zero-order valence-corrected chi connectivity index (χ0v) is 15.5. The van der Waals surface area contributed by atoms with E-state index in [1.165, 1.54) is 5.56 Å². The molecule has 1 fully saturated rings. The van der Waals surface area contributed by atoms with Crippen molar-refractivity contribution in [3.63, 3.8) is 0 Å². The van der Waals surface area contributed by atoms with Crippen LogP contribution < -0.4 is 4.74 Å². The smallest absolute Gasteiger partial charge is 0.128 e. The van der Waals surface area contributed by atoms with Crippen LogP contribution in [0.5, 0.6) is 5.75 Å². The van der Waals surface area contributed by atoms with Crippen molar-refractivity contribution < 1.29 is 4.74 Å². The molecule has 0 saturated carbocycles. The highest BCUT2D eigenvalue weighted by molar-refractivity contribution is 5.85. The van der Waals surface area contributed by atoms with Gasteiger partial charge in [-0.3, -0.25) is 9.91 Å². The molecule has 0 unspecified atom stereocenters. The molecule has 0 aromatic heterocycles. The summed E-state index contributed by atoms with van der Waals surface area (Å²) in [6.45, 7) is 7.69. The van der Waals surface area contributed by atoms with Crippen LogP contribution in [0.2, 0.25) is 0 Å². The Morgan fingerprint density at radius 3 is 2.36 bits per heavy atom. The van der Waals surface area contributed by atoms with E-state index in [-0.39, 0.29) is 12.4 Å². The third-order valence-corrected chi connectivity index (χ3v) is 4.18. The fourth-order valence-corrected chi connectivity index (χ4v) is 2.87. The highest BCUT2D eigenvalue weighted by Gasteiger charge is 2.15. The number of piperazine rings is 1. The van der Waals surface area contributed by atoms with Gasteiger partial charge in [-0.25, -0.2) is 0 Å². The molecule has 1 heterocycles. The van der Waals surface area contributed by atoms with Crippen molar-refractivity contribution in [2.45, 2.75) is 13.5 Å². The number of hydrogen-bond acceptors (Lipinski definition) is 4. The number of hydrogen-bond donors (Lipinski definition) is 0. The molecule has 3 rings (SSSR count). The van der Waals surface area contributed by atoms with Gasteiger partial charge >= 0.3 is 0 Å². The first kappa shape index (κ1) is 19.3. The Labute approximate surface area is 156 Å². The average Bonchev–Trinajstić information content (AvgIpc) is 2.63. The molecule has 0 spiro atoms. The Bertz CT molecular complexity index is 655. The summed E-state index contributed by atoms with van der Waals surface area (Å²) in [5.41, 5.74) is 2.41. The van der Waals surface area contributed by atoms with Crippen molar-refractivity contribution in [1.82, 2.24) is 9.91 Å². The minimum Gasteiger partial charge on any atom is -0.493 e. The Kier molecular flexibility index (Phi) is 7.76. The van der Waals surface area contributed by atoms with E-state index in [9.17, 15) is 0 Å². The van der Waals surface area contributed by atoms with E-state index in [0.717, 1.165) is 44.0 Å². The molecule has 5 heteroatoms. The summed E-state index contributed by atoms with van der Waals surface area (Å²) in [7, 11) is 0. The second-order valence-corrected chi connectivity index (χ2v) is 5.93. The summed E-state index contributed by atoms with van der Waals surface area (Å²) in [6, 6.07) is 18.7. The van der Waals surface area contributed by atoms with Crippen molar-refractivity contribution in [3.8, 4) is 5.75 Å². The number of para-hydroxylation sites is 1. The summed E-state index contributed by atoms with van der Waals surface area (Å²) in [5.74, 6) is 0.895. The predicted molar refractivity (Wildman–Crippen MR) is 106 cm³/mol. The summed E-state index contributed by atoms with van der Waals surface area (Å²) < 4.78 is 5.64. The van der Waals surface area contributed by atoms with E-state index < -0.39 is 0 Å². The SMILES string of the molecule is CCOc1ccccc1/C=N/N1CCN(Cc2ccccc2)CC1.Cl. The monoisotopic (exact) mass is 359 g/mol. The molecule has 0 aliphatic carbocycles. The van der Waals surface area contributed by atoms with E-state index >= 15 is 0 Å². The molecule has 25 heavy (non-hydrogen) atoms. The van der Waals surface area contributed by atoms with Gasteiger partial charge in [-0.15, -0.1) is 12.4 Å². The molecule has 4 nitrogen and oxygen atoms in total. The maximum absolute atomic E-state index is 5.64. The van der Waals surface area contributed by atoms with Gasteiger partial charge in [-0.2, -0.15) is 5.10 Å². The van der Waals surface area contributed by atoms with Crippen LogP contribution >= 0.6 is 12.4 Å². The van der Waals surface area contributed by atoms with E-state index in [4.69, 9.17) is 4.74 Å². The maximum Gasteiger partial charge on any atom is 0.128 e. The largest absolute Gasteiger partial charge is 0.493 e. The lowest BCUT2D eigenvalue weighted by molar-refractivity contribution is 0.131. The van der Waals surface area contributed by atoms with Crippen molar-refractivity contribution in [1.29, 1.82) is 0 Å². The lowest BCUT2D eigenvalue weighted by atomic mass is 10.2. The number of ether oxygens (including phenoxy) is 1. The van der Waals surface area contributed by atoms with E-state index in [1.807, 2.05) is 37.4 Å². The number of nitrogens with zero attached hydrogens (tertiary/aromatic N) is 3. The van der Waals surface area contributed by atoms with Crippen molar-refractivity contribution in [3.05, 3.63) is 65.7 Å². The summed E-state index contributed by atoms with van der Waals surface area (Å²) in [5, 5.41) is 6.78. The van der Waals surface area contributed by atoms with Crippen LogP contribution in [0.15, 0.2) is 59.7 Å². The lowest BCUT2D eigenvalue weighted by Gasteiger charge is -2.33. The van der Waals surface area contributed by atoms with Crippen LogP contribution in [0.3, 0.4) is 0 Å². The van der Waals surface area contributed by atoms with Crippen LogP contribution in [0.4, 0.5) is 0 Å². The van der Waals surface area contributed by atoms with E-state index in [1.54, 1.807) is 0 Å². The normalized spacial score (nSPS) is 15.2. The molecule has 1 aliphatic heterocycles. The van der Waals surface area contributed by atoms with Gasteiger partial charge in [0, 0.05) is 38.3 Å². The lowest BCUT2D eigenvalue weighted by Crippen LogP contribution is -2.43. The summed E-state index contributed by atoms with van der Waals surface area (Å²) in [6.07, 6.45) is 1.91. The Hall–Kier alpha value is -2.04. The zero-order valence-electron chi connectivity index (χ0n) is 14.7. The highest BCUT2D eigenvalue weighted by atomic mass is 35.5. The standard InChI is InChI=1S/C20H25N3O.ClH/c1-2-24-20-11-7-6-10-19(20)16-21-23-14-12-22(13-15-23)17-18-8-4-3-5-9-18;/h3-11,16H,2,12-15,17H2,1H3;1H/b21-16+;. The molecule has 134 valence electrons. The molecule has 0 bridgehead atoms. The quantitative estimate of drug-likeness (QED) is 0.737. The fraction of sp³-hybridized carbons (Fsp3) is 0.350. The molecule has 2 aromatic carbocycles. The number of hydrazone groups is 1. The first-order valence-corrected chi connectivity index (χ1v) is 8.62. The molecule has 0 radical (unpaired) electrons. The van der Waals surface area contributed by atoms with Gasteiger partial charge in [0.2, 0.25) is 0 Å². The second kappa shape index (κ2) is 10.1. The van der Waals surface area contributed by atoms with Gasteiger partial charge in [0.15, 0.2) is 0 Å². The van der Waals surface area contributed by atoms with E-state index in [0.29, 0.717) is 6.61 Å². The number of benzene rings is 2. The fourth-order valence-electron chi connectivity index (χ4n) is 2.87. The number of rotatable bonds is 6. The molecule has 0 amide bonds. The molecular weight excluding hydrogens is 334 g/mol. The van der Waals surface area contributed by atoms with Gasteiger partial charge in [0.05, 0.1) is 12.8 Å². The van der Waals surface area contributed by atoms with Gasteiger partial charge in [-0.05, 0) is 24.6 Å². The first-order valence-electron chi connectivity index (χ1n) is 8.62. The third kappa shape index (κ3) is 5.76. The van der Waals surface area contributed by atoms with Crippen LogP contribution in [-0.4, -0.2) is 48.9 Å². The Balaban J connectivity index is 0.00000225. The molecule has 1 saturated heterocycles. The highest BCUT2D eigenvalue weighted by Crippen LogP contribution is 2.16. The van der Waals surface area contributed by atoms with Crippen LogP contribution in [-0.2, 0) is 6.54 Å². The van der Waals surface area contributed by atoms with Gasteiger partial charge < -0.3 is 4.74 Å². The van der Waals surface area contributed by atoms with Crippen molar-refractivity contribution in [2.75, 3.05) is 32.8 Å². The summed E-state index contributed by atoms with van der Waals surface area (Å²) in [4.78, 5) is 2.48. The van der Waals surface area contributed by atoms with Crippen LogP contribution in [0, 0.1) is 0 Å². The molecular formula is C20H26ClN3O. The predicted octanol–water partition coefficient (Wildman–Crippen LogP) is 3.66. The van der Waals surface area contributed by atoms with Crippen LogP contribution in [0.25, 0.3) is 0 Å². The minimum atomic E-state index is 0. The molecule has 0 atom stereocenters. The Morgan fingerprint density at radius 1 is 0.960 bits per heavy atom.